The van der Waals surface area contributed by atoms with Crippen molar-refractivity contribution in [3.63, 3.8) is 0 Å². The van der Waals surface area contributed by atoms with E-state index in [1.807, 2.05) is 25.2 Å². The van der Waals surface area contributed by atoms with Gasteiger partial charge in [0, 0.05) is 6.04 Å². The van der Waals surface area contributed by atoms with E-state index in [0.29, 0.717) is 11.8 Å². The highest BCUT2D eigenvalue weighted by Crippen LogP contribution is 2.39. The summed E-state index contributed by atoms with van der Waals surface area (Å²) in [6.07, 6.45) is 2.30. The molecule has 4 heteroatoms. The zero-order valence-corrected chi connectivity index (χ0v) is 10.5. The van der Waals surface area contributed by atoms with Crippen LogP contribution in [0.4, 0.5) is 0 Å². The van der Waals surface area contributed by atoms with Gasteiger partial charge in [-0.05, 0) is 32.0 Å². The van der Waals surface area contributed by atoms with Crippen LogP contribution in [0.1, 0.15) is 12.8 Å². The van der Waals surface area contributed by atoms with Gasteiger partial charge in [0.25, 0.3) is 0 Å². The fourth-order valence-corrected chi connectivity index (χ4v) is 2.00. The van der Waals surface area contributed by atoms with Crippen LogP contribution in [0.2, 0.25) is 0 Å². The number of ether oxygens (including phenoxy) is 3. The van der Waals surface area contributed by atoms with Gasteiger partial charge >= 0.3 is 0 Å². The maximum absolute atomic E-state index is 5.94. The number of methoxy groups -OCH3 is 2. The van der Waals surface area contributed by atoms with E-state index < -0.39 is 0 Å². The predicted molar refractivity (Wildman–Crippen MR) is 66.0 cm³/mol. The maximum Gasteiger partial charge on any atom is 0.203 e. The molecule has 2 rings (SSSR count). The van der Waals surface area contributed by atoms with Crippen molar-refractivity contribution in [1.82, 2.24) is 5.32 Å². The summed E-state index contributed by atoms with van der Waals surface area (Å²) in [5, 5.41) is 3.23. The third-order valence-corrected chi connectivity index (χ3v) is 3.17. The van der Waals surface area contributed by atoms with Crippen LogP contribution in [0.25, 0.3) is 0 Å². The summed E-state index contributed by atoms with van der Waals surface area (Å²) in [6, 6.07) is 6.22. The third kappa shape index (κ3) is 2.47. The minimum Gasteiger partial charge on any atom is -0.493 e. The Morgan fingerprint density at radius 2 is 1.71 bits per heavy atom. The van der Waals surface area contributed by atoms with Gasteiger partial charge in [-0.15, -0.1) is 0 Å². The fraction of sp³-hybridized carbons (Fsp3) is 0.538. The van der Waals surface area contributed by atoms with Crippen molar-refractivity contribution in [2.45, 2.75) is 25.0 Å². The van der Waals surface area contributed by atoms with Crippen molar-refractivity contribution in [1.29, 1.82) is 0 Å². The molecule has 0 unspecified atom stereocenters. The summed E-state index contributed by atoms with van der Waals surface area (Å²) in [5.41, 5.74) is 0. The van der Waals surface area contributed by atoms with E-state index in [2.05, 4.69) is 5.32 Å². The average Bonchev–Trinajstić information content (AvgIpc) is 2.32. The number of rotatable bonds is 5. The third-order valence-electron chi connectivity index (χ3n) is 3.17. The van der Waals surface area contributed by atoms with Crippen LogP contribution < -0.4 is 19.5 Å². The molecule has 0 heterocycles. The first-order valence-corrected chi connectivity index (χ1v) is 5.83. The topological polar surface area (TPSA) is 39.7 Å². The molecule has 0 atom stereocenters. The number of benzene rings is 1. The first-order chi connectivity index (χ1) is 8.28. The van der Waals surface area contributed by atoms with Gasteiger partial charge in [0.15, 0.2) is 11.5 Å². The highest BCUT2D eigenvalue weighted by atomic mass is 16.5. The van der Waals surface area contributed by atoms with Crippen molar-refractivity contribution < 1.29 is 14.2 Å². The molecule has 0 aliphatic heterocycles. The molecule has 0 aromatic heterocycles. The van der Waals surface area contributed by atoms with Crippen molar-refractivity contribution >= 4 is 0 Å². The lowest BCUT2D eigenvalue weighted by Gasteiger charge is -2.35. The van der Waals surface area contributed by atoms with E-state index in [9.17, 15) is 0 Å². The second kappa shape index (κ2) is 5.27. The molecule has 1 aliphatic rings. The summed E-state index contributed by atoms with van der Waals surface area (Å²) >= 11 is 0. The van der Waals surface area contributed by atoms with Crippen LogP contribution in [-0.4, -0.2) is 33.4 Å². The SMILES string of the molecule is CNC1CC(Oc2c(OC)cccc2OC)C1. The Labute approximate surface area is 102 Å². The van der Waals surface area contributed by atoms with Crippen LogP contribution in [0.5, 0.6) is 17.2 Å². The molecule has 17 heavy (non-hydrogen) atoms. The van der Waals surface area contributed by atoms with Gasteiger partial charge in [-0.25, -0.2) is 0 Å². The summed E-state index contributed by atoms with van der Waals surface area (Å²) < 4.78 is 16.5. The Morgan fingerprint density at radius 3 is 2.18 bits per heavy atom. The van der Waals surface area contributed by atoms with Crippen LogP contribution in [0.15, 0.2) is 18.2 Å². The quantitative estimate of drug-likeness (QED) is 0.848. The number of para-hydroxylation sites is 1. The van der Waals surface area contributed by atoms with Gasteiger partial charge in [0.05, 0.1) is 14.2 Å². The Balaban J connectivity index is 2.08. The zero-order valence-electron chi connectivity index (χ0n) is 10.5. The summed E-state index contributed by atoms with van der Waals surface area (Å²) in [4.78, 5) is 0. The molecule has 94 valence electrons. The number of hydrogen-bond donors (Lipinski definition) is 1. The average molecular weight is 237 g/mol. The molecule has 0 bridgehead atoms. The molecule has 0 spiro atoms. The van der Waals surface area contributed by atoms with E-state index in [-0.39, 0.29) is 6.10 Å². The van der Waals surface area contributed by atoms with Gasteiger partial charge in [-0.1, -0.05) is 6.07 Å². The minimum atomic E-state index is 0.248. The summed E-state index contributed by atoms with van der Waals surface area (Å²) in [7, 11) is 5.25. The lowest BCUT2D eigenvalue weighted by Crippen LogP contribution is -2.45. The molecule has 1 aromatic rings. The molecular weight excluding hydrogens is 218 g/mol. The lowest BCUT2D eigenvalue weighted by molar-refractivity contribution is 0.0822. The molecule has 1 aromatic carbocycles. The molecule has 1 aliphatic carbocycles. The highest BCUT2D eigenvalue weighted by molar-refractivity contribution is 5.51. The summed E-state index contributed by atoms with van der Waals surface area (Å²) in [5.74, 6) is 2.14. The first-order valence-electron chi connectivity index (χ1n) is 5.83. The second-order valence-corrected chi connectivity index (χ2v) is 4.19. The first kappa shape index (κ1) is 12.0. The minimum absolute atomic E-state index is 0.248. The second-order valence-electron chi connectivity index (χ2n) is 4.19. The standard InChI is InChI=1S/C13H19NO3/c1-14-9-7-10(8-9)17-13-11(15-2)5-4-6-12(13)16-3/h4-6,9-10,14H,7-8H2,1-3H3. The molecule has 1 fully saturated rings. The molecule has 1 saturated carbocycles. The smallest absolute Gasteiger partial charge is 0.203 e. The Bertz CT molecular complexity index is 353. The van der Waals surface area contributed by atoms with Crippen LogP contribution in [-0.2, 0) is 0 Å². The van der Waals surface area contributed by atoms with Gasteiger partial charge in [-0.3, -0.25) is 0 Å². The molecule has 0 amide bonds. The molecular formula is C13H19NO3. The normalized spacial score (nSPS) is 22.8. The Hall–Kier alpha value is -1.42. The van der Waals surface area contributed by atoms with Gasteiger partial charge in [0.1, 0.15) is 6.10 Å². The van der Waals surface area contributed by atoms with Gasteiger partial charge in [-0.2, -0.15) is 0 Å². The van der Waals surface area contributed by atoms with Crippen molar-refractivity contribution in [2.75, 3.05) is 21.3 Å². The monoisotopic (exact) mass is 237 g/mol. The van der Waals surface area contributed by atoms with E-state index in [0.717, 1.165) is 24.3 Å². The van der Waals surface area contributed by atoms with E-state index in [1.165, 1.54) is 0 Å². The maximum atomic E-state index is 5.94. The van der Waals surface area contributed by atoms with Crippen molar-refractivity contribution in [3.05, 3.63) is 18.2 Å². The largest absolute Gasteiger partial charge is 0.493 e. The molecule has 0 saturated heterocycles. The fourth-order valence-electron chi connectivity index (χ4n) is 2.00. The van der Waals surface area contributed by atoms with Gasteiger partial charge in [0.2, 0.25) is 5.75 Å². The number of nitrogens with one attached hydrogen (secondary N) is 1. The predicted octanol–water partition coefficient (Wildman–Crippen LogP) is 1.83. The van der Waals surface area contributed by atoms with Gasteiger partial charge < -0.3 is 19.5 Å². The molecule has 0 radical (unpaired) electrons. The van der Waals surface area contributed by atoms with Crippen LogP contribution in [0, 0.1) is 0 Å². The zero-order chi connectivity index (χ0) is 12.3. The summed E-state index contributed by atoms with van der Waals surface area (Å²) in [6.45, 7) is 0. The van der Waals surface area contributed by atoms with Crippen LogP contribution in [0.3, 0.4) is 0 Å². The number of hydrogen-bond acceptors (Lipinski definition) is 4. The molecule has 1 N–H and O–H groups in total. The lowest BCUT2D eigenvalue weighted by atomic mass is 9.89. The van der Waals surface area contributed by atoms with E-state index >= 15 is 0 Å². The van der Waals surface area contributed by atoms with E-state index in [4.69, 9.17) is 14.2 Å². The van der Waals surface area contributed by atoms with Crippen molar-refractivity contribution in [2.24, 2.45) is 0 Å². The Kier molecular flexibility index (Phi) is 3.74. The molecule has 4 nitrogen and oxygen atoms in total. The Morgan fingerprint density at radius 1 is 1.12 bits per heavy atom. The van der Waals surface area contributed by atoms with E-state index in [1.54, 1.807) is 14.2 Å². The van der Waals surface area contributed by atoms with Crippen LogP contribution >= 0.6 is 0 Å². The van der Waals surface area contributed by atoms with Crippen molar-refractivity contribution in [3.8, 4) is 17.2 Å². The highest BCUT2D eigenvalue weighted by Gasteiger charge is 2.31.